The van der Waals surface area contributed by atoms with Crippen LogP contribution in [-0.4, -0.2) is 38.3 Å². The van der Waals surface area contributed by atoms with Crippen molar-refractivity contribution in [3.63, 3.8) is 0 Å². The quantitative estimate of drug-likeness (QED) is 0.696. The van der Waals surface area contributed by atoms with Crippen LogP contribution in [0.4, 0.5) is 0 Å². The van der Waals surface area contributed by atoms with E-state index in [0.717, 1.165) is 53.8 Å². The predicted molar refractivity (Wildman–Crippen MR) is 116 cm³/mol. The van der Waals surface area contributed by atoms with E-state index in [1.54, 1.807) is 0 Å². The summed E-state index contributed by atoms with van der Waals surface area (Å²) in [6, 6.07) is 8.50. The predicted octanol–water partition coefficient (Wildman–Crippen LogP) is 2.34. The number of hydrogen-bond donors (Lipinski definition) is 2. The molecule has 5 rings (SSSR count). The molecule has 1 aliphatic heterocycles. The first kappa shape index (κ1) is 19.4. The zero-order valence-electron chi connectivity index (χ0n) is 17.9. The van der Waals surface area contributed by atoms with Gasteiger partial charge >= 0.3 is 0 Å². The first-order chi connectivity index (χ1) is 14.6. The highest BCUT2D eigenvalue weighted by Crippen LogP contribution is 2.31. The minimum atomic E-state index is -0.141. The Hall–Kier alpha value is -2.54. The Bertz CT molecular complexity index is 1100. The smallest absolute Gasteiger partial charge is 0.258 e. The van der Waals surface area contributed by atoms with Crippen LogP contribution in [0.2, 0.25) is 0 Å². The lowest BCUT2D eigenvalue weighted by molar-refractivity contribution is -0.934. The van der Waals surface area contributed by atoms with E-state index in [0.29, 0.717) is 12.0 Å². The molecule has 3 aromatic rings. The van der Waals surface area contributed by atoms with Gasteiger partial charge in [-0.1, -0.05) is 31.9 Å². The summed E-state index contributed by atoms with van der Waals surface area (Å²) in [5.41, 5.74) is 2.79. The molecule has 1 aliphatic carbocycles. The molecule has 1 unspecified atom stereocenters. The number of fused-ring (bicyclic) bond motifs is 1. The van der Waals surface area contributed by atoms with Gasteiger partial charge in [-0.05, 0) is 66.1 Å². The van der Waals surface area contributed by atoms with Crippen molar-refractivity contribution in [1.29, 1.82) is 0 Å². The van der Waals surface area contributed by atoms with Crippen LogP contribution in [0.25, 0.3) is 10.9 Å². The van der Waals surface area contributed by atoms with Crippen molar-refractivity contribution in [3.8, 4) is 0 Å². The number of aromatic amines is 1. The van der Waals surface area contributed by atoms with Gasteiger partial charge in [0.15, 0.2) is 6.04 Å². The lowest BCUT2D eigenvalue weighted by Gasteiger charge is -2.33. The third-order valence-electron chi connectivity index (χ3n) is 7.00. The number of pyridine rings is 1. The molecule has 1 saturated heterocycles. The van der Waals surface area contributed by atoms with Crippen LogP contribution < -0.4 is 10.5 Å². The standard InChI is InChI=1S/C23H30N6O/c1-15-9-10-17-13-19(23(30)24-20(17)12-15)21(28-11-5-6-16(2)14-28)22-25-26-27-29(22)18-7-3-4-8-18/h9-10,12-13,16,18,21H,3-8,11,14H2,1-2H3,(H,24,30)/p+1/t16-,21+/m0/s1. The molecule has 2 aliphatic rings. The van der Waals surface area contributed by atoms with Crippen LogP contribution in [0.15, 0.2) is 29.1 Å². The van der Waals surface area contributed by atoms with Crippen molar-refractivity contribution in [2.24, 2.45) is 5.92 Å². The molecular weight excluding hydrogens is 376 g/mol. The summed E-state index contributed by atoms with van der Waals surface area (Å²) in [6.45, 7) is 6.43. The maximum atomic E-state index is 13.3. The highest BCUT2D eigenvalue weighted by molar-refractivity contribution is 5.79. The number of aromatic nitrogens is 5. The normalized spacial score (nSPS) is 23.8. The fourth-order valence-electron chi connectivity index (χ4n) is 5.48. The average molecular weight is 408 g/mol. The van der Waals surface area contributed by atoms with Crippen molar-refractivity contribution in [2.75, 3.05) is 13.1 Å². The fourth-order valence-corrected chi connectivity index (χ4v) is 5.48. The molecule has 2 N–H and O–H groups in total. The van der Waals surface area contributed by atoms with Crippen molar-refractivity contribution in [2.45, 2.75) is 64.5 Å². The number of aryl methyl sites for hydroxylation is 1. The molecular formula is C23H31N6O+. The maximum Gasteiger partial charge on any atom is 0.258 e. The highest BCUT2D eigenvalue weighted by Gasteiger charge is 2.37. The Labute approximate surface area is 176 Å². The van der Waals surface area contributed by atoms with Gasteiger partial charge in [-0.25, -0.2) is 4.68 Å². The van der Waals surface area contributed by atoms with Gasteiger partial charge < -0.3 is 9.88 Å². The summed E-state index contributed by atoms with van der Waals surface area (Å²) < 4.78 is 2.03. The summed E-state index contributed by atoms with van der Waals surface area (Å²) in [4.78, 5) is 17.8. The molecule has 2 fully saturated rings. The number of piperidine rings is 1. The van der Waals surface area contributed by atoms with Crippen LogP contribution >= 0.6 is 0 Å². The topological polar surface area (TPSA) is 80.9 Å². The van der Waals surface area contributed by atoms with Crippen LogP contribution in [0.5, 0.6) is 0 Å². The van der Waals surface area contributed by atoms with Gasteiger partial charge in [0, 0.05) is 11.4 Å². The zero-order chi connectivity index (χ0) is 20.7. The Morgan fingerprint density at radius 3 is 2.80 bits per heavy atom. The number of benzene rings is 1. The number of H-pyrrole nitrogens is 1. The minimum absolute atomic E-state index is 0.0233. The SMILES string of the molecule is Cc1ccc2cc([C@H](c3nnnn3C3CCCC3)[NH+]3CCC[C@H](C)C3)c(=O)[nH]c2c1. The summed E-state index contributed by atoms with van der Waals surface area (Å²) >= 11 is 0. The van der Waals surface area contributed by atoms with Crippen LogP contribution in [0, 0.1) is 12.8 Å². The Balaban J connectivity index is 1.65. The zero-order valence-corrected chi connectivity index (χ0v) is 17.9. The summed E-state index contributed by atoms with van der Waals surface area (Å²) in [5.74, 6) is 1.48. The molecule has 0 amide bonds. The van der Waals surface area contributed by atoms with Gasteiger partial charge in [-0.3, -0.25) is 4.79 Å². The second-order valence-electron chi connectivity index (χ2n) is 9.36. The number of rotatable bonds is 4. The molecule has 7 nitrogen and oxygen atoms in total. The van der Waals surface area contributed by atoms with E-state index in [2.05, 4.69) is 45.6 Å². The lowest BCUT2D eigenvalue weighted by atomic mass is 9.95. The third kappa shape index (κ3) is 3.55. The molecule has 7 heteroatoms. The molecule has 3 heterocycles. The van der Waals surface area contributed by atoms with Crippen molar-refractivity contribution in [1.82, 2.24) is 25.2 Å². The number of quaternary nitrogens is 1. The second kappa shape index (κ2) is 7.95. The van der Waals surface area contributed by atoms with E-state index in [-0.39, 0.29) is 11.6 Å². The third-order valence-corrected chi connectivity index (χ3v) is 7.00. The van der Waals surface area contributed by atoms with E-state index >= 15 is 0 Å². The van der Waals surface area contributed by atoms with E-state index in [4.69, 9.17) is 0 Å². The Morgan fingerprint density at radius 1 is 1.17 bits per heavy atom. The van der Waals surface area contributed by atoms with E-state index in [1.807, 2.05) is 17.7 Å². The number of likely N-dealkylation sites (tertiary alicyclic amines) is 1. The van der Waals surface area contributed by atoms with Gasteiger partial charge in [-0.2, -0.15) is 0 Å². The lowest BCUT2D eigenvalue weighted by Crippen LogP contribution is -3.14. The molecule has 1 aromatic carbocycles. The molecule has 30 heavy (non-hydrogen) atoms. The van der Waals surface area contributed by atoms with E-state index in [1.165, 1.54) is 30.6 Å². The van der Waals surface area contributed by atoms with Gasteiger partial charge in [0.2, 0.25) is 5.82 Å². The number of nitrogens with one attached hydrogen (secondary N) is 2. The molecule has 0 radical (unpaired) electrons. The largest absolute Gasteiger partial charge is 0.322 e. The Morgan fingerprint density at radius 2 is 2.00 bits per heavy atom. The first-order valence-electron chi connectivity index (χ1n) is 11.4. The molecule has 3 atom stereocenters. The minimum Gasteiger partial charge on any atom is -0.322 e. The number of nitrogens with zero attached hydrogens (tertiary/aromatic N) is 4. The highest BCUT2D eigenvalue weighted by atomic mass is 16.1. The van der Waals surface area contributed by atoms with Gasteiger partial charge in [0.25, 0.3) is 5.56 Å². The first-order valence-corrected chi connectivity index (χ1v) is 11.4. The number of hydrogen-bond acceptors (Lipinski definition) is 4. The van der Waals surface area contributed by atoms with Crippen LogP contribution in [0.3, 0.4) is 0 Å². The maximum absolute atomic E-state index is 13.3. The van der Waals surface area contributed by atoms with Crippen molar-refractivity contribution >= 4 is 10.9 Å². The van der Waals surface area contributed by atoms with Crippen LogP contribution in [0.1, 0.15) is 74.5 Å². The second-order valence-corrected chi connectivity index (χ2v) is 9.36. The molecule has 0 bridgehead atoms. The molecule has 158 valence electrons. The molecule has 0 spiro atoms. The Kier molecular flexibility index (Phi) is 5.15. The van der Waals surface area contributed by atoms with E-state index < -0.39 is 0 Å². The average Bonchev–Trinajstić information content (AvgIpc) is 3.40. The van der Waals surface area contributed by atoms with Crippen LogP contribution in [-0.2, 0) is 0 Å². The van der Waals surface area contributed by atoms with Crippen molar-refractivity contribution in [3.05, 3.63) is 51.6 Å². The molecule has 1 saturated carbocycles. The van der Waals surface area contributed by atoms with Crippen molar-refractivity contribution < 1.29 is 4.90 Å². The van der Waals surface area contributed by atoms with Gasteiger partial charge in [-0.15, -0.1) is 5.10 Å². The number of tetrazole rings is 1. The van der Waals surface area contributed by atoms with Gasteiger partial charge in [0.05, 0.1) is 24.7 Å². The van der Waals surface area contributed by atoms with E-state index in [9.17, 15) is 4.79 Å². The van der Waals surface area contributed by atoms with Gasteiger partial charge in [0.1, 0.15) is 0 Å². The molecule has 2 aromatic heterocycles. The summed E-state index contributed by atoms with van der Waals surface area (Å²) in [7, 11) is 0. The fraction of sp³-hybridized carbons (Fsp3) is 0.565. The summed E-state index contributed by atoms with van der Waals surface area (Å²) in [5, 5.41) is 14.0. The summed E-state index contributed by atoms with van der Waals surface area (Å²) in [6.07, 6.45) is 7.09. The monoisotopic (exact) mass is 407 g/mol.